The number of rotatable bonds is 2. The zero-order chi connectivity index (χ0) is 11.1. The molecule has 0 spiro atoms. The highest BCUT2D eigenvalue weighted by Crippen LogP contribution is 2.49. The van der Waals surface area contributed by atoms with Crippen molar-refractivity contribution in [3.05, 3.63) is 34.9 Å². The zero-order valence-corrected chi connectivity index (χ0v) is 9.91. The Bertz CT molecular complexity index is 409. The Morgan fingerprint density at radius 3 is 2.44 bits per heavy atom. The Kier molecular flexibility index (Phi) is 2.51. The topological polar surface area (TPSA) is 17.1 Å². The lowest BCUT2D eigenvalue weighted by atomic mass is 9.83. The van der Waals surface area contributed by atoms with Gasteiger partial charge in [0.25, 0.3) is 0 Å². The van der Waals surface area contributed by atoms with Crippen molar-refractivity contribution in [2.75, 3.05) is 0 Å². The molecule has 2 fully saturated rings. The van der Waals surface area contributed by atoms with Gasteiger partial charge in [-0.3, -0.25) is 4.79 Å². The van der Waals surface area contributed by atoms with Crippen molar-refractivity contribution in [2.45, 2.75) is 25.7 Å². The van der Waals surface area contributed by atoms with Crippen LogP contribution in [-0.2, 0) is 0 Å². The number of hydrogen-bond donors (Lipinski definition) is 0. The lowest BCUT2D eigenvalue weighted by Crippen LogP contribution is -2.20. The van der Waals surface area contributed by atoms with Crippen LogP contribution in [0.1, 0.15) is 36.0 Å². The van der Waals surface area contributed by atoms with Gasteiger partial charge in [-0.25, -0.2) is 0 Å². The Labute approximate surface area is 101 Å². The standard InChI is InChI=1S/C14H15ClO/c15-12-5-3-10(4-6-12)14(16)13-8-9-1-2-11(13)7-9/h3-6,9,11,13H,1-2,7-8H2/t9-,11-,13+/m0/s1. The van der Waals surface area contributed by atoms with E-state index in [1.807, 2.05) is 24.3 Å². The summed E-state index contributed by atoms with van der Waals surface area (Å²) in [6.45, 7) is 0. The van der Waals surface area contributed by atoms with E-state index in [2.05, 4.69) is 0 Å². The lowest BCUT2D eigenvalue weighted by molar-refractivity contribution is 0.0875. The molecule has 0 aromatic heterocycles. The van der Waals surface area contributed by atoms with Gasteiger partial charge in [-0.2, -0.15) is 0 Å². The maximum atomic E-state index is 12.3. The summed E-state index contributed by atoms with van der Waals surface area (Å²) in [7, 11) is 0. The summed E-state index contributed by atoms with van der Waals surface area (Å²) in [4.78, 5) is 12.3. The monoisotopic (exact) mass is 234 g/mol. The summed E-state index contributed by atoms with van der Waals surface area (Å²) >= 11 is 5.83. The molecule has 3 atom stereocenters. The maximum Gasteiger partial charge on any atom is 0.166 e. The first kappa shape index (κ1) is 10.3. The molecular formula is C14H15ClO. The van der Waals surface area contributed by atoms with Gasteiger partial charge in [0.2, 0.25) is 0 Å². The molecule has 0 unspecified atom stereocenters. The molecule has 2 aliphatic carbocycles. The molecular weight excluding hydrogens is 220 g/mol. The molecule has 1 aromatic rings. The molecule has 0 amide bonds. The van der Waals surface area contributed by atoms with E-state index in [4.69, 9.17) is 11.6 Å². The normalized spacial score (nSPS) is 31.9. The quantitative estimate of drug-likeness (QED) is 0.708. The molecule has 2 aliphatic rings. The number of halogens is 1. The minimum Gasteiger partial charge on any atom is -0.294 e. The van der Waals surface area contributed by atoms with Crippen molar-refractivity contribution in [1.82, 2.24) is 0 Å². The van der Waals surface area contributed by atoms with E-state index >= 15 is 0 Å². The Morgan fingerprint density at radius 1 is 1.12 bits per heavy atom. The highest BCUT2D eigenvalue weighted by molar-refractivity contribution is 6.30. The van der Waals surface area contributed by atoms with Crippen LogP contribution in [0.3, 0.4) is 0 Å². The van der Waals surface area contributed by atoms with Crippen molar-refractivity contribution in [2.24, 2.45) is 17.8 Å². The second-order valence-electron chi connectivity index (χ2n) is 5.15. The van der Waals surface area contributed by atoms with Crippen molar-refractivity contribution in [1.29, 1.82) is 0 Å². The minimum atomic E-state index is 0.292. The molecule has 0 heterocycles. The Balaban J connectivity index is 1.80. The fourth-order valence-corrected chi connectivity index (χ4v) is 3.52. The van der Waals surface area contributed by atoms with Gasteiger partial charge in [0, 0.05) is 16.5 Å². The third kappa shape index (κ3) is 1.67. The van der Waals surface area contributed by atoms with Crippen LogP contribution in [0, 0.1) is 17.8 Å². The van der Waals surface area contributed by atoms with Crippen molar-refractivity contribution in [3.63, 3.8) is 0 Å². The second-order valence-corrected chi connectivity index (χ2v) is 5.59. The largest absolute Gasteiger partial charge is 0.294 e. The average Bonchev–Trinajstić information content (AvgIpc) is 2.91. The summed E-state index contributed by atoms with van der Waals surface area (Å²) in [5.41, 5.74) is 0.835. The molecule has 1 nitrogen and oxygen atoms in total. The van der Waals surface area contributed by atoms with Crippen LogP contribution in [0.15, 0.2) is 24.3 Å². The van der Waals surface area contributed by atoms with E-state index in [-0.39, 0.29) is 0 Å². The highest BCUT2D eigenvalue weighted by Gasteiger charge is 2.42. The zero-order valence-electron chi connectivity index (χ0n) is 9.16. The third-order valence-corrected chi connectivity index (χ3v) is 4.46. The van der Waals surface area contributed by atoms with Crippen LogP contribution in [0.25, 0.3) is 0 Å². The number of fused-ring (bicyclic) bond motifs is 2. The van der Waals surface area contributed by atoms with E-state index in [9.17, 15) is 4.79 Å². The SMILES string of the molecule is O=C(c1ccc(Cl)cc1)[C@@H]1C[C@H]2CC[C@H]1C2. The summed E-state index contributed by atoms with van der Waals surface area (Å²) in [5.74, 6) is 2.11. The van der Waals surface area contributed by atoms with Crippen LogP contribution in [0.4, 0.5) is 0 Å². The number of ketones is 1. The molecule has 2 saturated carbocycles. The summed E-state index contributed by atoms with van der Waals surface area (Å²) < 4.78 is 0. The van der Waals surface area contributed by atoms with Gasteiger partial charge in [-0.15, -0.1) is 0 Å². The number of Topliss-reactive ketones (excluding diaryl/α,β-unsaturated/α-hetero) is 1. The maximum absolute atomic E-state index is 12.3. The van der Waals surface area contributed by atoms with Gasteiger partial charge in [0.1, 0.15) is 0 Å². The Hall–Kier alpha value is -0.820. The fraction of sp³-hybridized carbons (Fsp3) is 0.500. The number of carbonyl (C=O) groups excluding carboxylic acids is 1. The van der Waals surface area contributed by atoms with Gasteiger partial charge in [-0.1, -0.05) is 18.0 Å². The van der Waals surface area contributed by atoms with Crippen molar-refractivity contribution in [3.8, 4) is 0 Å². The van der Waals surface area contributed by atoms with Gasteiger partial charge < -0.3 is 0 Å². The van der Waals surface area contributed by atoms with Crippen LogP contribution >= 0.6 is 11.6 Å². The molecule has 0 saturated heterocycles. The van der Waals surface area contributed by atoms with Crippen molar-refractivity contribution < 1.29 is 4.79 Å². The van der Waals surface area contributed by atoms with E-state index in [0.717, 1.165) is 17.9 Å². The number of benzene rings is 1. The molecule has 2 bridgehead atoms. The fourth-order valence-electron chi connectivity index (χ4n) is 3.39. The predicted molar refractivity (Wildman–Crippen MR) is 64.7 cm³/mol. The first-order chi connectivity index (χ1) is 7.74. The first-order valence-electron chi connectivity index (χ1n) is 6.04. The molecule has 2 heteroatoms. The number of hydrogen-bond acceptors (Lipinski definition) is 1. The van der Waals surface area contributed by atoms with Gasteiger partial charge in [0.15, 0.2) is 5.78 Å². The van der Waals surface area contributed by atoms with Crippen LogP contribution in [0.5, 0.6) is 0 Å². The van der Waals surface area contributed by atoms with Crippen LogP contribution in [-0.4, -0.2) is 5.78 Å². The lowest BCUT2D eigenvalue weighted by Gasteiger charge is -2.20. The molecule has 0 radical (unpaired) electrons. The van der Waals surface area contributed by atoms with Gasteiger partial charge >= 0.3 is 0 Å². The van der Waals surface area contributed by atoms with Gasteiger partial charge in [-0.05, 0) is 55.4 Å². The highest BCUT2D eigenvalue weighted by atomic mass is 35.5. The smallest absolute Gasteiger partial charge is 0.166 e. The average molecular weight is 235 g/mol. The summed E-state index contributed by atoms with van der Waals surface area (Å²) in [6, 6.07) is 7.33. The molecule has 0 N–H and O–H groups in total. The molecule has 84 valence electrons. The van der Waals surface area contributed by atoms with Crippen LogP contribution < -0.4 is 0 Å². The van der Waals surface area contributed by atoms with E-state index < -0.39 is 0 Å². The van der Waals surface area contributed by atoms with Gasteiger partial charge in [0.05, 0.1) is 0 Å². The van der Waals surface area contributed by atoms with E-state index in [0.29, 0.717) is 22.6 Å². The van der Waals surface area contributed by atoms with Crippen LogP contribution in [0.2, 0.25) is 5.02 Å². The third-order valence-electron chi connectivity index (χ3n) is 4.20. The van der Waals surface area contributed by atoms with E-state index in [1.54, 1.807) is 0 Å². The second kappa shape index (κ2) is 3.89. The molecule has 16 heavy (non-hydrogen) atoms. The van der Waals surface area contributed by atoms with E-state index in [1.165, 1.54) is 19.3 Å². The molecule has 0 aliphatic heterocycles. The molecule has 3 rings (SSSR count). The number of carbonyl (C=O) groups is 1. The minimum absolute atomic E-state index is 0.292. The summed E-state index contributed by atoms with van der Waals surface area (Å²) in [6.07, 6.45) is 5.00. The predicted octanol–water partition coefficient (Wildman–Crippen LogP) is 3.96. The first-order valence-corrected chi connectivity index (χ1v) is 6.41. The van der Waals surface area contributed by atoms with Crippen molar-refractivity contribution >= 4 is 17.4 Å². The Morgan fingerprint density at radius 2 is 1.88 bits per heavy atom. The summed E-state index contributed by atoms with van der Waals surface area (Å²) in [5, 5.41) is 0.699. The molecule has 1 aromatic carbocycles.